The highest BCUT2D eigenvalue weighted by molar-refractivity contribution is 7.47. The molecular formula is C81H140O17P2. The van der Waals surface area contributed by atoms with Gasteiger partial charge in [-0.25, -0.2) is 9.13 Å². The lowest BCUT2D eigenvalue weighted by Gasteiger charge is -2.21. The third kappa shape index (κ3) is 72.1. The van der Waals surface area contributed by atoms with Crippen molar-refractivity contribution >= 4 is 39.5 Å². The molecule has 0 fully saturated rings. The Morgan fingerprint density at radius 3 is 0.880 bits per heavy atom. The molecule has 0 aliphatic heterocycles. The molecule has 0 spiro atoms. The molecule has 5 atom stereocenters. The van der Waals surface area contributed by atoms with Gasteiger partial charge in [0, 0.05) is 25.7 Å². The SMILES string of the molecule is CCCCC/C=C\C/C=C\C/C=C\C/C=C\CCCC(=O)O[C@H](COC(=O)CCCCCCC/C=C\C=C/CCCCCC)COP(=O)(O)OC[C@H](O)COP(=O)(O)OC[C@@H](COC(=O)CCCCCCC/C=C\CCCCCC)OC(=O)CCCCCCC/C=C\C/C=C\CCCCC. The molecule has 0 saturated heterocycles. The van der Waals surface area contributed by atoms with Crippen LogP contribution in [0.2, 0.25) is 0 Å². The quantitative estimate of drug-likeness (QED) is 0.0128. The summed E-state index contributed by atoms with van der Waals surface area (Å²) in [7, 11) is -9.98. The van der Waals surface area contributed by atoms with Crippen molar-refractivity contribution in [1.82, 2.24) is 0 Å². The van der Waals surface area contributed by atoms with Crippen LogP contribution in [0.1, 0.15) is 323 Å². The van der Waals surface area contributed by atoms with Crippen LogP contribution < -0.4 is 0 Å². The summed E-state index contributed by atoms with van der Waals surface area (Å²) in [5.41, 5.74) is 0. The van der Waals surface area contributed by atoms with E-state index in [1.807, 2.05) is 12.2 Å². The molecule has 3 N–H and O–H groups in total. The minimum absolute atomic E-state index is 0.0144. The van der Waals surface area contributed by atoms with Crippen LogP contribution in [0, 0.1) is 0 Å². The van der Waals surface area contributed by atoms with Crippen LogP contribution in [0.25, 0.3) is 0 Å². The molecule has 0 aliphatic carbocycles. The summed E-state index contributed by atoms with van der Waals surface area (Å²) >= 11 is 0. The summed E-state index contributed by atoms with van der Waals surface area (Å²) in [6.45, 7) is 4.69. The highest BCUT2D eigenvalue weighted by atomic mass is 31.2. The second-order valence-corrected chi connectivity index (χ2v) is 28.9. The number of rotatable bonds is 73. The lowest BCUT2D eigenvalue weighted by molar-refractivity contribution is -0.161. The Kier molecular flexibility index (Phi) is 69.9. The van der Waals surface area contributed by atoms with E-state index in [2.05, 4.69) is 125 Å². The van der Waals surface area contributed by atoms with E-state index in [9.17, 15) is 43.2 Å². The number of hydrogen-bond donors (Lipinski definition) is 3. The zero-order valence-electron chi connectivity index (χ0n) is 62.8. The smallest absolute Gasteiger partial charge is 0.462 e. The topological polar surface area (TPSA) is 237 Å². The fourth-order valence-corrected chi connectivity index (χ4v) is 11.7. The summed E-state index contributed by atoms with van der Waals surface area (Å²) in [6.07, 6.45) is 77.9. The number of carbonyl (C=O) groups is 4. The molecule has 0 saturated carbocycles. The molecule has 0 aromatic heterocycles. The van der Waals surface area contributed by atoms with E-state index in [1.54, 1.807) is 0 Å². The zero-order valence-corrected chi connectivity index (χ0v) is 64.6. The van der Waals surface area contributed by atoms with Crippen molar-refractivity contribution < 1.29 is 80.2 Å². The number of hydrogen-bond acceptors (Lipinski definition) is 15. The standard InChI is InChI=1S/C81H140O17P2/c1-5-9-13-17-21-25-29-33-36-37-40-44-48-52-56-60-64-68-81(86)98-77(72-92-79(84)66-62-58-54-50-46-42-38-34-30-26-22-18-14-10-6-2)74-96-100(89,90)94-70-75(82)69-93-99(87,88)95-73-76(71-91-78(83)65-61-57-53-49-45-41-32-28-24-20-16-12-8-4)97-80(85)67-63-59-55-51-47-43-39-35-31-27-23-19-15-11-7-3/h21,23,25-28,30,32-36,38-40,44,52,56,75-77,82H,5-20,22,24,29,31,37,41-43,45-51,53-55,57-74H2,1-4H3,(H,87,88)(H,89,90)/b25-21-,27-23-,30-26-,32-28-,36-33-,38-34-,39-35-,44-40-,56-52-/t75-,76-,77-/m1/s1. The van der Waals surface area contributed by atoms with Crippen molar-refractivity contribution in [2.24, 2.45) is 0 Å². The Balaban J connectivity index is 5.44. The van der Waals surface area contributed by atoms with E-state index in [1.165, 1.54) is 89.9 Å². The van der Waals surface area contributed by atoms with Crippen LogP contribution in [-0.2, 0) is 65.4 Å². The third-order valence-corrected chi connectivity index (χ3v) is 18.1. The number of phosphoric ester groups is 2. The van der Waals surface area contributed by atoms with Crippen LogP contribution in [0.5, 0.6) is 0 Å². The predicted molar refractivity (Wildman–Crippen MR) is 408 cm³/mol. The second kappa shape index (κ2) is 73.0. The number of phosphoric acid groups is 2. The Morgan fingerprint density at radius 1 is 0.290 bits per heavy atom. The molecule has 100 heavy (non-hydrogen) atoms. The van der Waals surface area contributed by atoms with Gasteiger partial charge in [-0.15, -0.1) is 0 Å². The van der Waals surface area contributed by atoms with E-state index in [4.69, 9.17) is 37.0 Å². The minimum Gasteiger partial charge on any atom is -0.462 e. The average Bonchev–Trinajstić information content (AvgIpc) is 1.22. The van der Waals surface area contributed by atoms with Crippen molar-refractivity contribution in [2.45, 2.75) is 341 Å². The Labute approximate surface area is 607 Å². The van der Waals surface area contributed by atoms with Crippen molar-refractivity contribution in [3.05, 3.63) is 109 Å². The fourth-order valence-electron chi connectivity index (χ4n) is 10.2. The van der Waals surface area contributed by atoms with Crippen LogP contribution in [0.15, 0.2) is 109 Å². The predicted octanol–water partition coefficient (Wildman–Crippen LogP) is 22.6. The van der Waals surface area contributed by atoms with Gasteiger partial charge in [-0.1, -0.05) is 259 Å². The van der Waals surface area contributed by atoms with Gasteiger partial charge in [0.1, 0.15) is 19.3 Å². The number of ether oxygens (including phenoxy) is 4. The van der Waals surface area contributed by atoms with Gasteiger partial charge in [-0.05, 0) is 148 Å². The normalized spacial score (nSPS) is 14.5. The summed E-state index contributed by atoms with van der Waals surface area (Å²) in [4.78, 5) is 72.9. The van der Waals surface area contributed by atoms with E-state index in [0.29, 0.717) is 32.1 Å². The monoisotopic (exact) mass is 1450 g/mol. The number of allylic oxidation sites excluding steroid dienone is 18. The summed E-state index contributed by atoms with van der Waals surface area (Å²) in [5, 5.41) is 10.6. The van der Waals surface area contributed by atoms with Crippen molar-refractivity contribution in [1.29, 1.82) is 0 Å². The number of aliphatic hydroxyl groups excluding tert-OH is 1. The summed E-state index contributed by atoms with van der Waals surface area (Å²) < 4.78 is 68.4. The molecule has 576 valence electrons. The highest BCUT2D eigenvalue weighted by Gasteiger charge is 2.30. The molecule has 0 aliphatic rings. The molecule has 0 heterocycles. The number of unbranched alkanes of at least 4 members (excludes halogenated alkanes) is 30. The Bertz CT molecular complexity index is 2320. The van der Waals surface area contributed by atoms with E-state index < -0.39 is 97.5 Å². The third-order valence-electron chi connectivity index (χ3n) is 16.2. The van der Waals surface area contributed by atoms with Crippen LogP contribution in [-0.4, -0.2) is 96.7 Å². The number of carbonyl (C=O) groups excluding carboxylic acids is 4. The molecule has 19 heteroatoms. The van der Waals surface area contributed by atoms with Gasteiger partial charge in [0.05, 0.1) is 26.4 Å². The maximum absolute atomic E-state index is 13.1. The first-order chi connectivity index (χ1) is 48.7. The first kappa shape index (κ1) is 95.7. The molecule has 0 aromatic carbocycles. The van der Waals surface area contributed by atoms with Crippen LogP contribution >= 0.6 is 15.6 Å². The summed E-state index contributed by atoms with van der Waals surface area (Å²) in [6, 6.07) is 0. The van der Waals surface area contributed by atoms with Gasteiger partial charge < -0.3 is 33.8 Å². The Morgan fingerprint density at radius 2 is 0.530 bits per heavy atom. The lowest BCUT2D eigenvalue weighted by atomic mass is 10.1. The van der Waals surface area contributed by atoms with Gasteiger partial charge in [0.2, 0.25) is 0 Å². The van der Waals surface area contributed by atoms with Gasteiger partial charge >= 0.3 is 39.5 Å². The highest BCUT2D eigenvalue weighted by Crippen LogP contribution is 2.45. The molecule has 2 unspecified atom stereocenters. The van der Waals surface area contributed by atoms with E-state index >= 15 is 0 Å². The zero-order chi connectivity index (χ0) is 73.2. The first-order valence-electron chi connectivity index (χ1n) is 39.1. The Hall–Kier alpha value is -4.28. The van der Waals surface area contributed by atoms with Gasteiger partial charge in [-0.2, -0.15) is 0 Å². The molecule has 0 bridgehead atoms. The van der Waals surface area contributed by atoms with Gasteiger partial charge in [0.15, 0.2) is 12.2 Å². The van der Waals surface area contributed by atoms with Crippen molar-refractivity contribution in [3.63, 3.8) is 0 Å². The molecule has 0 rings (SSSR count). The first-order valence-corrected chi connectivity index (χ1v) is 42.1. The largest absolute Gasteiger partial charge is 0.472 e. The number of aliphatic hydroxyl groups is 1. The lowest BCUT2D eigenvalue weighted by Crippen LogP contribution is -2.30. The van der Waals surface area contributed by atoms with Crippen LogP contribution in [0.3, 0.4) is 0 Å². The summed E-state index contributed by atoms with van der Waals surface area (Å²) in [5.74, 6) is -2.28. The second-order valence-electron chi connectivity index (χ2n) is 26.0. The van der Waals surface area contributed by atoms with Crippen molar-refractivity contribution in [3.8, 4) is 0 Å². The molecular weight excluding hydrogens is 1310 g/mol. The fraction of sp³-hybridized carbons (Fsp3) is 0.728. The molecule has 0 aromatic rings. The molecule has 0 amide bonds. The minimum atomic E-state index is -4.99. The van der Waals surface area contributed by atoms with Crippen molar-refractivity contribution in [2.75, 3.05) is 39.6 Å². The molecule has 17 nitrogen and oxygen atoms in total. The van der Waals surface area contributed by atoms with Crippen LogP contribution in [0.4, 0.5) is 0 Å². The van der Waals surface area contributed by atoms with E-state index in [0.717, 1.165) is 148 Å². The number of esters is 4. The van der Waals surface area contributed by atoms with Gasteiger partial charge in [0.25, 0.3) is 0 Å². The molecule has 0 radical (unpaired) electrons. The maximum Gasteiger partial charge on any atom is 0.472 e. The average molecular weight is 1450 g/mol. The maximum atomic E-state index is 13.1. The van der Waals surface area contributed by atoms with E-state index in [-0.39, 0.29) is 25.7 Å². The van der Waals surface area contributed by atoms with Gasteiger partial charge in [-0.3, -0.25) is 37.3 Å².